The number of carboxylic acid groups (broad SMARTS) is 1. The van der Waals surface area contributed by atoms with Crippen molar-refractivity contribution < 1.29 is 24.2 Å². The minimum Gasteiger partial charge on any atom is -0.480 e. The van der Waals surface area contributed by atoms with Gasteiger partial charge in [0, 0.05) is 14.2 Å². The third kappa shape index (κ3) is 4.35. The topological polar surface area (TPSA) is 88.1 Å². The predicted octanol–water partition coefficient (Wildman–Crippen LogP) is 0.541. The van der Waals surface area contributed by atoms with Crippen molar-refractivity contribution >= 4 is 12.0 Å². The van der Waals surface area contributed by atoms with E-state index >= 15 is 0 Å². The van der Waals surface area contributed by atoms with Gasteiger partial charge in [-0.25, -0.2) is 9.59 Å². The van der Waals surface area contributed by atoms with Crippen LogP contribution in [0.5, 0.6) is 0 Å². The van der Waals surface area contributed by atoms with E-state index in [-0.39, 0.29) is 24.2 Å². The van der Waals surface area contributed by atoms with Crippen LogP contribution < -0.4 is 5.32 Å². The molecular formula is C13H24N2O5. The van der Waals surface area contributed by atoms with E-state index in [1.54, 1.807) is 14.2 Å². The quantitative estimate of drug-likeness (QED) is 0.745. The van der Waals surface area contributed by atoms with Gasteiger partial charge in [0.25, 0.3) is 0 Å². The monoisotopic (exact) mass is 288 g/mol. The van der Waals surface area contributed by atoms with Crippen LogP contribution in [0.4, 0.5) is 4.79 Å². The summed E-state index contributed by atoms with van der Waals surface area (Å²) in [5.74, 6) is -0.828. The molecule has 20 heavy (non-hydrogen) atoms. The molecule has 2 unspecified atom stereocenters. The summed E-state index contributed by atoms with van der Waals surface area (Å²) in [6.45, 7) is 4.63. The Kier molecular flexibility index (Phi) is 6.22. The molecule has 2 amide bonds. The van der Waals surface area contributed by atoms with Crippen molar-refractivity contribution in [1.29, 1.82) is 0 Å². The van der Waals surface area contributed by atoms with Crippen molar-refractivity contribution in [2.75, 3.05) is 27.3 Å². The number of carbonyl (C=O) groups is 2. The largest absolute Gasteiger partial charge is 0.480 e. The fraction of sp³-hybridized carbons (Fsp3) is 0.846. The standard InChI is InChI=1S/C13H24N2O5/c1-8(2)5-9(12(16)17)14-13(18)15-6-10(19-3)11(7-15)20-4/h8-11H,5-7H2,1-4H3,(H,14,18)(H,16,17)/t9-,10?,11?/m0/s1. The van der Waals surface area contributed by atoms with Crippen molar-refractivity contribution in [2.24, 2.45) is 5.92 Å². The van der Waals surface area contributed by atoms with E-state index in [9.17, 15) is 9.59 Å². The summed E-state index contributed by atoms with van der Waals surface area (Å²) in [5.41, 5.74) is 0. The minimum absolute atomic E-state index is 0.181. The number of amides is 2. The number of hydrogen-bond donors (Lipinski definition) is 2. The van der Waals surface area contributed by atoms with Crippen LogP contribution in [0.15, 0.2) is 0 Å². The fourth-order valence-electron chi connectivity index (χ4n) is 2.30. The molecule has 3 atom stereocenters. The third-order valence-corrected chi connectivity index (χ3v) is 3.41. The van der Waals surface area contributed by atoms with Gasteiger partial charge in [0.2, 0.25) is 0 Å². The van der Waals surface area contributed by atoms with Crippen LogP contribution in [0.2, 0.25) is 0 Å². The second kappa shape index (κ2) is 7.44. The van der Waals surface area contributed by atoms with E-state index in [0.29, 0.717) is 19.5 Å². The van der Waals surface area contributed by atoms with Crippen molar-refractivity contribution in [2.45, 2.75) is 38.5 Å². The molecule has 116 valence electrons. The first-order valence-corrected chi connectivity index (χ1v) is 6.72. The molecule has 0 aromatic rings. The highest BCUT2D eigenvalue weighted by atomic mass is 16.5. The number of urea groups is 1. The summed E-state index contributed by atoms with van der Waals surface area (Å²) in [6.07, 6.45) is 0.0364. The number of carbonyl (C=O) groups excluding carboxylic acids is 1. The molecule has 1 heterocycles. The number of hydrogen-bond acceptors (Lipinski definition) is 4. The molecule has 0 aromatic carbocycles. The van der Waals surface area contributed by atoms with Gasteiger partial charge in [0.1, 0.15) is 18.2 Å². The highest BCUT2D eigenvalue weighted by Crippen LogP contribution is 2.16. The molecule has 2 N–H and O–H groups in total. The first-order chi connectivity index (χ1) is 9.38. The zero-order chi connectivity index (χ0) is 15.3. The van der Waals surface area contributed by atoms with Gasteiger partial charge in [-0.05, 0) is 12.3 Å². The lowest BCUT2D eigenvalue weighted by Gasteiger charge is -2.21. The van der Waals surface area contributed by atoms with Crippen LogP contribution in [0.3, 0.4) is 0 Å². The Morgan fingerprint density at radius 1 is 1.25 bits per heavy atom. The number of ether oxygens (including phenoxy) is 2. The molecule has 0 bridgehead atoms. The average molecular weight is 288 g/mol. The fourth-order valence-corrected chi connectivity index (χ4v) is 2.30. The maximum absolute atomic E-state index is 12.1. The second-order valence-electron chi connectivity index (χ2n) is 5.42. The van der Waals surface area contributed by atoms with E-state index in [0.717, 1.165) is 0 Å². The number of aliphatic carboxylic acids is 1. The van der Waals surface area contributed by atoms with Crippen molar-refractivity contribution in [1.82, 2.24) is 10.2 Å². The van der Waals surface area contributed by atoms with Gasteiger partial charge in [0.15, 0.2) is 0 Å². The minimum atomic E-state index is -1.02. The van der Waals surface area contributed by atoms with E-state index < -0.39 is 12.0 Å². The van der Waals surface area contributed by atoms with Gasteiger partial charge < -0.3 is 24.8 Å². The molecule has 1 aliphatic rings. The summed E-state index contributed by atoms with van der Waals surface area (Å²) in [5, 5.41) is 11.7. The van der Waals surface area contributed by atoms with Crippen LogP contribution in [0, 0.1) is 5.92 Å². The van der Waals surface area contributed by atoms with Crippen LogP contribution in [0.25, 0.3) is 0 Å². The van der Waals surface area contributed by atoms with Gasteiger partial charge in [-0.15, -0.1) is 0 Å². The number of nitrogens with one attached hydrogen (secondary N) is 1. The summed E-state index contributed by atoms with van der Waals surface area (Å²) >= 11 is 0. The lowest BCUT2D eigenvalue weighted by Crippen LogP contribution is -2.48. The zero-order valence-electron chi connectivity index (χ0n) is 12.5. The zero-order valence-corrected chi connectivity index (χ0v) is 12.5. The molecule has 1 saturated heterocycles. The maximum Gasteiger partial charge on any atom is 0.326 e. The Bertz CT molecular complexity index is 336. The highest BCUT2D eigenvalue weighted by Gasteiger charge is 2.36. The third-order valence-electron chi connectivity index (χ3n) is 3.41. The molecule has 0 radical (unpaired) electrons. The van der Waals surface area contributed by atoms with E-state index in [2.05, 4.69) is 5.32 Å². The molecule has 0 saturated carbocycles. The summed E-state index contributed by atoms with van der Waals surface area (Å²) < 4.78 is 10.5. The molecular weight excluding hydrogens is 264 g/mol. The first-order valence-electron chi connectivity index (χ1n) is 6.72. The van der Waals surface area contributed by atoms with Crippen molar-refractivity contribution in [3.05, 3.63) is 0 Å². The van der Waals surface area contributed by atoms with Crippen molar-refractivity contribution in [3.63, 3.8) is 0 Å². The lowest BCUT2D eigenvalue weighted by molar-refractivity contribution is -0.139. The summed E-state index contributed by atoms with van der Waals surface area (Å²) in [4.78, 5) is 24.8. The molecule has 7 nitrogen and oxygen atoms in total. The average Bonchev–Trinajstić information content (AvgIpc) is 2.80. The SMILES string of the molecule is COC1CN(C(=O)N[C@@H](CC(C)C)C(=O)O)CC1OC. The van der Waals surface area contributed by atoms with Crippen LogP contribution in [0.1, 0.15) is 20.3 Å². The number of carboxylic acids is 1. The number of rotatable bonds is 6. The molecule has 1 aliphatic heterocycles. The van der Waals surface area contributed by atoms with Crippen LogP contribution >= 0.6 is 0 Å². The predicted molar refractivity (Wildman–Crippen MR) is 72.6 cm³/mol. The Morgan fingerprint density at radius 3 is 2.10 bits per heavy atom. The number of nitrogens with zero attached hydrogens (tertiary/aromatic N) is 1. The highest BCUT2D eigenvalue weighted by molar-refractivity contribution is 5.82. The van der Waals surface area contributed by atoms with Gasteiger partial charge in [-0.3, -0.25) is 0 Å². The van der Waals surface area contributed by atoms with Crippen LogP contribution in [-0.2, 0) is 14.3 Å². The molecule has 0 aromatic heterocycles. The van der Waals surface area contributed by atoms with Gasteiger partial charge in [-0.2, -0.15) is 0 Å². The Morgan fingerprint density at radius 2 is 1.75 bits per heavy atom. The van der Waals surface area contributed by atoms with E-state index in [4.69, 9.17) is 14.6 Å². The van der Waals surface area contributed by atoms with E-state index in [1.165, 1.54) is 4.90 Å². The molecule has 7 heteroatoms. The summed E-state index contributed by atoms with van der Waals surface area (Å²) in [6, 6.07) is -1.26. The molecule has 0 spiro atoms. The normalized spacial score (nSPS) is 23.9. The Hall–Kier alpha value is -1.34. The Labute approximate surface area is 119 Å². The number of likely N-dealkylation sites (tertiary alicyclic amines) is 1. The van der Waals surface area contributed by atoms with Crippen LogP contribution in [-0.4, -0.2) is 67.6 Å². The van der Waals surface area contributed by atoms with Gasteiger partial charge >= 0.3 is 12.0 Å². The van der Waals surface area contributed by atoms with E-state index in [1.807, 2.05) is 13.8 Å². The first kappa shape index (κ1) is 16.7. The maximum atomic E-state index is 12.1. The van der Waals surface area contributed by atoms with Gasteiger partial charge in [-0.1, -0.05) is 13.8 Å². The van der Waals surface area contributed by atoms with Crippen molar-refractivity contribution in [3.8, 4) is 0 Å². The molecule has 0 aliphatic carbocycles. The summed E-state index contributed by atoms with van der Waals surface area (Å²) in [7, 11) is 3.13. The second-order valence-corrected chi connectivity index (χ2v) is 5.42. The van der Waals surface area contributed by atoms with Gasteiger partial charge in [0.05, 0.1) is 13.1 Å². The smallest absolute Gasteiger partial charge is 0.326 e. The number of methoxy groups -OCH3 is 2. The lowest BCUT2D eigenvalue weighted by atomic mass is 10.0. The molecule has 1 fully saturated rings. The molecule has 1 rings (SSSR count). The Balaban J connectivity index is 2.59.